The molecule has 0 spiro atoms. The normalized spacial score (nSPS) is 17.3. The number of morpholine rings is 1. The number of halogens is 1. The minimum atomic E-state index is -0.293. The van der Waals surface area contributed by atoms with Crippen molar-refractivity contribution < 1.29 is 9.13 Å². The van der Waals surface area contributed by atoms with Gasteiger partial charge in [0.15, 0.2) is 10.8 Å². The largest absolute Gasteiger partial charge is 0.379 e. The van der Waals surface area contributed by atoms with E-state index in [1.54, 1.807) is 17.8 Å². The van der Waals surface area contributed by atoms with Gasteiger partial charge in [-0.2, -0.15) is 5.10 Å². The number of anilines is 2. The monoisotopic (exact) mass is 546 g/mol. The van der Waals surface area contributed by atoms with E-state index < -0.39 is 0 Å². The number of hydrogen-bond acceptors (Lipinski definition) is 7. The van der Waals surface area contributed by atoms with Crippen molar-refractivity contribution >= 4 is 34.3 Å². The highest BCUT2D eigenvalue weighted by atomic mass is 32.2. The van der Waals surface area contributed by atoms with E-state index in [9.17, 15) is 4.39 Å². The highest BCUT2D eigenvalue weighted by Crippen LogP contribution is 2.37. The summed E-state index contributed by atoms with van der Waals surface area (Å²) < 4.78 is 21.3. The van der Waals surface area contributed by atoms with Gasteiger partial charge in [-0.3, -0.25) is 4.90 Å². The number of rotatable bonds is 10. The number of nitrogens with one attached hydrogen (secondary N) is 1. The predicted molar refractivity (Wildman–Crippen MR) is 154 cm³/mol. The molecule has 1 aliphatic carbocycles. The Morgan fingerprint density at radius 3 is 2.67 bits per heavy atom. The molecule has 2 fully saturated rings. The summed E-state index contributed by atoms with van der Waals surface area (Å²) in [6.07, 6.45) is 5.78. The Labute approximate surface area is 233 Å². The number of hydrogen-bond donors (Lipinski definition) is 1. The molecule has 3 heterocycles. The van der Waals surface area contributed by atoms with Gasteiger partial charge in [-0.25, -0.2) is 19.0 Å². The Kier molecular flexibility index (Phi) is 8.08. The lowest BCUT2D eigenvalue weighted by atomic mass is 9.79. The van der Waals surface area contributed by atoms with Crippen LogP contribution in [0, 0.1) is 5.82 Å². The van der Waals surface area contributed by atoms with E-state index in [2.05, 4.69) is 41.4 Å². The number of aromatic nitrogens is 4. The summed E-state index contributed by atoms with van der Waals surface area (Å²) in [4.78, 5) is 12.2. The van der Waals surface area contributed by atoms with Crippen LogP contribution >= 0.6 is 11.8 Å². The molecule has 2 aromatic heterocycles. The Hall–Kier alpha value is -3.01. The highest BCUT2D eigenvalue weighted by molar-refractivity contribution is 7.99. The van der Waals surface area contributed by atoms with Crippen LogP contribution in [0.4, 0.5) is 15.9 Å². The lowest BCUT2D eigenvalue weighted by molar-refractivity contribution is 0.0410. The molecule has 4 aromatic rings. The Morgan fingerprint density at radius 1 is 1.10 bits per heavy atom. The molecule has 1 aliphatic heterocycles. The molecule has 0 bridgehead atoms. The van der Waals surface area contributed by atoms with Crippen LogP contribution in [0.15, 0.2) is 59.9 Å². The molecule has 6 rings (SSSR count). The zero-order chi connectivity index (χ0) is 26.6. The molecule has 1 unspecified atom stereocenters. The van der Waals surface area contributed by atoms with E-state index in [0.717, 1.165) is 55.6 Å². The van der Waals surface area contributed by atoms with Crippen molar-refractivity contribution in [3.63, 3.8) is 0 Å². The Bertz CT molecular complexity index is 1400. The molecule has 0 radical (unpaired) electrons. The maximum atomic E-state index is 13.9. The third-order valence-corrected chi connectivity index (χ3v) is 8.66. The maximum Gasteiger partial charge on any atom is 0.191 e. The van der Waals surface area contributed by atoms with E-state index >= 15 is 0 Å². The highest BCUT2D eigenvalue weighted by Gasteiger charge is 2.20. The zero-order valence-corrected chi connectivity index (χ0v) is 23.2. The van der Waals surface area contributed by atoms with Crippen LogP contribution in [0.25, 0.3) is 11.0 Å². The van der Waals surface area contributed by atoms with Crippen molar-refractivity contribution in [3.05, 3.63) is 71.7 Å². The van der Waals surface area contributed by atoms with Crippen LogP contribution in [0.2, 0.25) is 0 Å². The van der Waals surface area contributed by atoms with Gasteiger partial charge in [-0.15, -0.1) is 0 Å². The predicted octanol–water partition coefficient (Wildman–Crippen LogP) is 6.20. The lowest BCUT2D eigenvalue weighted by Gasteiger charge is -2.26. The SMILES string of the molecule is CC(Cn1ncc2c(Nc3cccc(F)c3)nc(SCCN3CCOCC3)nc21)c1ccc(C2CCC2)cc1. The van der Waals surface area contributed by atoms with Gasteiger partial charge in [0.05, 0.1) is 24.8 Å². The summed E-state index contributed by atoms with van der Waals surface area (Å²) in [6, 6.07) is 15.6. The maximum absolute atomic E-state index is 13.9. The first-order valence-corrected chi connectivity index (χ1v) is 14.9. The smallest absolute Gasteiger partial charge is 0.191 e. The molecular formula is C30H35FN6OS. The standard InChI is InChI=1S/C30H35FN6OS/c1-21(22-8-10-24(11-9-22)23-4-2-5-23)20-37-29-27(19-32-37)28(33-26-7-3-6-25(31)18-26)34-30(35-29)39-17-14-36-12-15-38-16-13-36/h3,6-11,18-19,21,23H,2,4-5,12-17,20H2,1H3,(H,33,34,35). The quantitative estimate of drug-likeness (QED) is 0.188. The number of ether oxygens (including phenoxy) is 1. The molecular weight excluding hydrogens is 511 g/mol. The Balaban J connectivity index is 1.23. The van der Waals surface area contributed by atoms with E-state index in [4.69, 9.17) is 19.8 Å². The summed E-state index contributed by atoms with van der Waals surface area (Å²) in [5, 5.41) is 9.53. The van der Waals surface area contributed by atoms with Crippen molar-refractivity contribution in [1.82, 2.24) is 24.6 Å². The summed E-state index contributed by atoms with van der Waals surface area (Å²) >= 11 is 1.64. The molecule has 39 heavy (non-hydrogen) atoms. The second-order valence-corrected chi connectivity index (χ2v) is 11.6. The van der Waals surface area contributed by atoms with Gasteiger partial charge in [0.1, 0.15) is 11.6 Å². The molecule has 1 N–H and O–H groups in total. The zero-order valence-electron chi connectivity index (χ0n) is 22.4. The lowest BCUT2D eigenvalue weighted by Crippen LogP contribution is -2.37. The van der Waals surface area contributed by atoms with Crippen molar-refractivity contribution in [2.45, 2.75) is 49.7 Å². The summed E-state index contributed by atoms with van der Waals surface area (Å²) in [6.45, 7) is 7.38. The first-order valence-electron chi connectivity index (χ1n) is 13.9. The van der Waals surface area contributed by atoms with Crippen LogP contribution in [0.1, 0.15) is 49.1 Å². The van der Waals surface area contributed by atoms with Crippen LogP contribution in [0.5, 0.6) is 0 Å². The number of fused-ring (bicyclic) bond motifs is 1. The second-order valence-electron chi connectivity index (χ2n) is 10.6. The van der Waals surface area contributed by atoms with Gasteiger partial charge >= 0.3 is 0 Å². The van der Waals surface area contributed by atoms with Crippen LogP contribution in [-0.2, 0) is 11.3 Å². The fourth-order valence-electron chi connectivity index (χ4n) is 5.23. The minimum Gasteiger partial charge on any atom is -0.379 e. The van der Waals surface area contributed by atoms with Gasteiger partial charge in [0, 0.05) is 43.5 Å². The van der Waals surface area contributed by atoms with E-state index in [-0.39, 0.29) is 11.7 Å². The van der Waals surface area contributed by atoms with Gasteiger partial charge in [0.25, 0.3) is 0 Å². The van der Waals surface area contributed by atoms with E-state index in [1.165, 1.54) is 42.5 Å². The summed E-state index contributed by atoms with van der Waals surface area (Å²) in [5.74, 6) is 2.24. The molecule has 1 saturated heterocycles. The van der Waals surface area contributed by atoms with Crippen molar-refractivity contribution in [1.29, 1.82) is 0 Å². The molecule has 1 atom stereocenters. The molecule has 2 aromatic carbocycles. The van der Waals surface area contributed by atoms with Gasteiger partial charge in [0.2, 0.25) is 0 Å². The van der Waals surface area contributed by atoms with Crippen LogP contribution in [-0.4, -0.2) is 63.2 Å². The topological polar surface area (TPSA) is 68.1 Å². The Morgan fingerprint density at radius 2 is 1.92 bits per heavy atom. The summed E-state index contributed by atoms with van der Waals surface area (Å²) in [7, 11) is 0. The van der Waals surface area contributed by atoms with E-state index in [1.807, 2.05) is 16.9 Å². The molecule has 204 valence electrons. The molecule has 0 amide bonds. The van der Waals surface area contributed by atoms with Crippen molar-refractivity contribution in [3.8, 4) is 0 Å². The second kappa shape index (κ2) is 12.0. The van der Waals surface area contributed by atoms with Gasteiger partial charge in [-0.1, -0.05) is 55.4 Å². The number of nitrogens with zero attached hydrogens (tertiary/aromatic N) is 5. The molecule has 1 saturated carbocycles. The number of benzene rings is 2. The fraction of sp³-hybridized carbons (Fsp3) is 0.433. The van der Waals surface area contributed by atoms with Crippen LogP contribution < -0.4 is 5.32 Å². The first-order chi connectivity index (χ1) is 19.1. The van der Waals surface area contributed by atoms with Crippen molar-refractivity contribution in [2.24, 2.45) is 0 Å². The average Bonchev–Trinajstić information content (AvgIpc) is 3.31. The van der Waals surface area contributed by atoms with Gasteiger partial charge < -0.3 is 10.1 Å². The van der Waals surface area contributed by atoms with E-state index in [0.29, 0.717) is 23.2 Å². The molecule has 7 nitrogen and oxygen atoms in total. The van der Waals surface area contributed by atoms with Crippen LogP contribution in [0.3, 0.4) is 0 Å². The molecule has 9 heteroatoms. The molecule has 2 aliphatic rings. The third kappa shape index (κ3) is 6.26. The third-order valence-electron chi connectivity index (χ3n) is 7.83. The summed E-state index contributed by atoms with van der Waals surface area (Å²) in [5.41, 5.74) is 4.19. The average molecular weight is 547 g/mol. The minimum absolute atomic E-state index is 0.274. The number of thioether (sulfide) groups is 1. The van der Waals surface area contributed by atoms with Gasteiger partial charge in [-0.05, 0) is 48.1 Å². The first kappa shape index (κ1) is 26.2. The fourth-order valence-corrected chi connectivity index (χ4v) is 6.06. The van der Waals surface area contributed by atoms with Crippen molar-refractivity contribution in [2.75, 3.05) is 43.9 Å².